The SMILES string of the molecule is CCCCC/C(=C/Br)SC#N. The number of thioether (sulfide) groups is 1. The van der Waals surface area contributed by atoms with E-state index < -0.39 is 0 Å². The summed E-state index contributed by atoms with van der Waals surface area (Å²) in [6.45, 7) is 2.18. The van der Waals surface area contributed by atoms with Crippen molar-refractivity contribution < 1.29 is 0 Å². The van der Waals surface area contributed by atoms with Crippen molar-refractivity contribution in [1.82, 2.24) is 0 Å². The molecule has 0 aromatic carbocycles. The molecular weight excluding hydrogens is 222 g/mol. The van der Waals surface area contributed by atoms with Crippen molar-refractivity contribution in [1.29, 1.82) is 5.26 Å². The Kier molecular flexibility index (Phi) is 8.20. The third-order valence-corrected chi connectivity index (χ3v) is 2.86. The monoisotopic (exact) mass is 233 g/mol. The molecule has 0 saturated carbocycles. The van der Waals surface area contributed by atoms with E-state index in [-0.39, 0.29) is 0 Å². The number of thiocyanates is 1. The molecule has 3 heteroatoms. The molecule has 11 heavy (non-hydrogen) atoms. The van der Waals surface area contributed by atoms with Gasteiger partial charge in [-0.25, -0.2) is 0 Å². The van der Waals surface area contributed by atoms with Gasteiger partial charge in [0.05, 0.1) is 0 Å². The zero-order valence-electron chi connectivity index (χ0n) is 6.64. The van der Waals surface area contributed by atoms with Gasteiger partial charge in [-0.05, 0) is 29.6 Å². The van der Waals surface area contributed by atoms with Crippen molar-refractivity contribution in [3.05, 3.63) is 9.89 Å². The summed E-state index contributed by atoms with van der Waals surface area (Å²) in [4.78, 5) is 2.97. The molecule has 0 fully saturated rings. The second-order valence-corrected chi connectivity index (χ2v) is 3.59. The number of rotatable bonds is 5. The molecule has 0 aromatic rings. The summed E-state index contributed by atoms with van der Waals surface area (Å²) in [5.74, 6) is 0. The second kappa shape index (κ2) is 8.16. The van der Waals surface area contributed by atoms with Crippen LogP contribution in [0.5, 0.6) is 0 Å². The fourth-order valence-corrected chi connectivity index (χ4v) is 1.65. The molecule has 0 aromatic heterocycles. The topological polar surface area (TPSA) is 23.8 Å². The molecule has 0 rings (SSSR count). The van der Waals surface area contributed by atoms with Gasteiger partial charge in [0.2, 0.25) is 0 Å². The van der Waals surface area contributed by atoms with Crippen LogP contribution in [0, 0.1) is 10.7 Å². The van der Waals surface area contributed by atoms with Crippen molar-refractivity contribution in [2.75, 3.05) is 0 Å². The van der Waals surface area contributed by atoms with E-state index in [2.05, 4.69) is 28.3 Å². The van der Waals surface area contributed by atoms with E-state index in [1.807, 2.05) is 4.99 Å². The average Bonchev–Trinajstić information content (AvgIpc) is 2.03. The number of allylic oxidation sites excluding steroid dienone is 1. The van der Waals surface area contributed by atoms with Crippen molar-refractivity contribution >= 4 is 27.7 Å². The Hall–Kier alpha value is 0.0600. The fourth-order valence-electron chi connectivity index (χ4n) is 0.736. The Balaban J connectivity index is 3.47. The molecular formula is C8H12BrNS. The number of hydrogen-bond acceptors (Lipinski definition) is 2. The van der Waals surface area contributed by atoms with Crippen LogP contribution in [-0.4, -0.2) is 0 Å². The predicted octanol–water partition coefficient (Wildman–Crippen LogP) is 4.02. The van der Waals surface area contributed by atoms with E-state index in [1.54, 1.807) is 0 Å². The zero-order chi connectivity index (χ0) is 8.53. The summed E-state index contributed by atoms with van der Waals surface area (Å²) in [6.07, 6.45) is 4.68. The Morgan fingerprint density at radius 1 is 1.64 bits per heavy atom. The highest BCUT2D eigenvalue weighted by Crippen LogP contribution is 2.22. The Morgan fingerprint density at radius 2 is 2.36 bits per heavy atom. The largest absolute Gasteiger partial charge is 0.185 e. The molecule has 0 unspecified atom stereocenters. The quantitative estimate of drug-likeness (QED) is 0.530. The molecule has 0 N–H and O–H groups in total. The summed E-state index contributed by atoms with van der Waals surface area (Å²) in [7, 11) is 0. The van der Waals surface area contributed by atoms with Gasteiger partial charge in [0.15, 0.2) is 0 Å². The van der Waals surface area contributed by atoms with Crippen LogP contribution >= 0.6 is 27.7 Å². The van der Waals surface area contributed by atoms with Crippen LogP contribution in [0.15, 0.2) is 9.89 Å². The van der Waals surface area contributed by atoms with Gasteiger partial charge < -0.3 is 0 Å². The highest BCUT2D eigenvalue weighted by Gasteiger charge is 1.95. The van der Waals surface area contributed by atoms with Crippen molar-refractivity contribution in [3.63, 3.8) is 0 Å². The van der Waals surface area contributed by atoms with Crippen LogP contribution in [-0.2, 0) is 0 Å². The van der Waals surface area contributed by atoms with Crippen molar-refractivity contribution in [2.45, 2.75) is 32.6 Å². The smallest absolute Gasteiger partial charge is 0.138 e. The zero-order valence-corrected chi connectivity index (χ0v) is 9.04. The minimum Gasteiger partial charge on any atom is -0.185 e. The van der Waals surface area contributed by atoms with Gasteiger partial charge in [-0.15, -0.1) is 0 Å². The predicted molar refractivity (Wildman–Crippen MR) is 54.4 cm³/mol. The Bertz CT molecular complexity index is 160. The third kappa shape index (κ3) is 6.46. The minimum absolute atomic E-state index is 1.03. The molecule has 0 bridgehead atoms. The second-order valence-electron chi connectivity index (χ2n) is 2.23. The first kappa shape index (κ1) is 11.1. The van der Waals surface area contributed by atoms with Crippen molar-refractivity contribution in [3.8, 4) is 5.40 Å². The molecule has 0 aliphatic rings. The highest BCUT2D eigenvalue weighted by atomic mass is 79.9. The molecule has 0 radical (unpaired) electrons. The first-order valence-electron chi connectivity index (χ1n) is 3.70. The molecule has 0 aliphatic heterocycles. The van der Waals surface area contributed by atoms with Gasteiger partial charge in [0.25, 0.3) is 0 Å². The molecule has 62 valence electrons. The molecule has 0 amide bonds. The van der Waals surface area contributed by atoms with Gasteiger partial charge >= 0.3 is 0 Å². The van der Waals surface area contributed by atoms with E-state index in [9.17, 15) is 0 Å². The van der Waals surface area contributed by atoms with Crippen LogP contribution in [0.3, 0.4) is 0 Å². The number of unbranched alkanes of at least 4 members (excludes halogenated alkanes) is 2. The van der Waals surface area contributed by atoms with Crippen LogP contribution in [0.2, 0.25) is 0 Å². The average molecular weight is 234 g/mol. The fraction of sp³-hybridized carbons (Fsp3) is 0.625. The molecule has 0 aliphatic carbocycles. The summed E-state index contributed by atoms with van der Waals surface area (Å²) in [5.41, 5.74) is 0. The molecule has 1 nitrogen and oxygen atoms in total. The number of halogens is 1. The van der Waals surface area contributed by atoms with E-state index >= 15 is 0 Å². The summed E-state index contributed by atoms with van der Waals surface area (Å²) in [6, 6.07) is 0. The van der Waals surface area contributed by atoms with E-state index in [1.165, 1.54) is 31.0 Å². The Morgan fingerprint density at radius 3 is 2.82 bits per heavy atom. The summed E-state index contributed by atoms with van der Waals surface area (Å²) >= 11 is 4.48. The Labute approximate surface area is 81.0 Å². The third-order valence-electron chi connectivity index (χ3n) is 1.33. The van der Waals surface area contributed by atoms with Gasteiger partial charge in [-0.1, -0.05) is 35.7 Å². The molecule has 0 spiro atoms. The van der Waals surface area contributed by atoms with Gasteiger partial charge in [0, 0.05) is 4.91 Å². The lowest BCUT2D eigenvalue weighted by atomic mass is 10.2. The number of nitriles is 1. The van der Waals surface area contributed by atoms with E-state index in [0.717, 1.165) is 11.3 Å². The van der Waals surface area contributed by atoms with E-state index in [0.29, 0.717) is 0 Å². The van der Waals surface area contributed by atoms with Crippen LogP contribution in [0.4, 0.5) is 0 Å². The first-order chi connectivity index (χ1) is 5.35. The molecule has 0 atom stereocenters. The van der Waals surface area contributed by atoms with Crippen LogP contribution in [0.1, 0.15) is 32.6 Å². The summed E-state index contributed by atoms with van der Waals surface area (Å²) in [5, 5.41) is 10.4. The molecule has 0 saturated heterocycles. The standard InChI is InChI=1S/C8H12BrNS/c1-2-3-4-5-8(6-9)11-7-10/h6H,2-5H2,1H3/b8-6-. The highest BCUT2D eigenvalue weighted by molar-refractivity contribution is 9.11. The van der Waals surface area contributed by atoms with Crippen LogP contribution < -0.4 is 0 Å². The minimum atomic E-state index is 1.03. The lowest BCUT2D eigenvalue weighted by molar-refractivity contribution is 0.726. The van der Waals surface area contributed by atoms with Crippen LogP contribution in [0.25, 0.3) is 0 Å². The first-order valence-corrected chi connectivity index (χ1v) is 5.43. The lowest BCUT2D eigenvalue weighted by Crippen LogP contribution is -1.76. The summed E-state index contributed by atoms with van der Waals surface area (Å²) < 4.78 is 0. The van der Waals surface area contributed by atoms with Gasteiger partial charge in [-0.2, -0.15) is 5.26 Å². The maximum Gasteiger partial charge on any atom is 0.138 e. The number of hydrogen-bond donors (Lipinski definition) is 0. The normalized spacial score (nSPS) is 11.2. The number of nitrogens with zero attached hydrogens (tertiary/aromatic N) is 1. The van der Waals surface area contributed by atoms with Gasteiger partial charge in [-0.3, -0.25) is 0 Å². The maximum atomic E-state index is 8.38. The van der Waals surface area contributed by atoms with Crippen molar-refractivity contribution in [2.24, 2.45) is 0 Å². The molecule has 0 heterocycles. The maximum absolute atomic E-state index is 8.38. The lowest BCUT2D eigenvalue weighted by Gasteiger charge is -1.98. The van der Waals surface area contributed by atoms with Gasteiger partial charge in [0.1, 0.15) is 5.40 Å². The van der Waals surface area contributed by atoms with E-state index in [4.69, 9.17) is 5.26 Å².